The normalized spacial score (nSPS) is 33.2. The predicted octanol–water partition coefficient (Wildman–Crippen LogP) is 2.73. The van der Waals surface area contributed by atoms with Crippen molar-refractivity contribution in [3.8, 4) is 6.07 Å². The monoisotopic (exact) mass is 137 g/mol. The van der Waals surface area contributed by atoms with E-state index in [9.17, 15) is 0 Å². The van der Waals surface area contributed by atoms with Crippen molar-refractivity contribution < 1.29 is 0 Å². The SMILES string of the molecule is CC[C@H]1CC[C@H](C#N)CC1. The second-order valence-electron chi connectivity index (χ2n) is 3.25. The lowest BCUT2D eigenvalue weighted by Crippen LogP contribution is -2.12. The van der Waals surface area contributed by atoms with Crippen LogP contribution in [0.2, 0.25) is 0 Å². The molecule has 0 aromatic carbocycles. The van der Waals surface area contributed by atoms with E-state index >= 15 is 0 Å². The Morgan fingerprint density at radius 2 is 1.90 bits per heavy atom. The number of hydrogen-bond donors (Lipinski definition) is 0. The van der Waals surface area contributed by atoms with Gasteiger partial charge < -0.3 is 0 Å². The second-order valence-corrected chi connectivity index (χ2v) is 3.25. The molecule has 0 bridgehead atoms. The highest BCUT2D eigenvalue weighted by Crippen LogP contribution is 2.29. The van der Waals surface area contributed by atoms with Gasteiger partial charge in [-0.05, 0) is 31.6 Å². The largest absolute Gasteiger partial charge is 0.198 e. The van der Waals surface area contributed by atoms with Crippen molar-refractivity contribution in [3.05, 3.63) is 0 Å². The molecule has 0 amide bonds. The van der Waals surface area contributed by atoms with Crippen molar-refractivity contribution in [1.82, 2.24) is 0 Å². The zero-order valence-electron chi connectivity index (χ0n) is 6.64. The van der Waals surface area contributed by atoms with E-state index < -0.39 is 0 Å². The van der Waals surface area contributed by atoms with Crippen LogP contribution in [0.25, 0.3) is 0 Å². The summed E-state index contributed by atoms with van der Waals surface area (Å²) in [6, 6.07) is 2.35. The maximum atomic E-state index is 8.60. The van der Waals surface area contributed by atoms with Crippen LogP contribution in [0, 0.1) is 23.2 Å². The van der Waals surface area contributed by atoms with Crippen LogP contribution in [-0.2, 0) is 0 Å². The number of nitrogens with zero attached hydrogens (tertiary/aromatic N) is 1. The molecule has 0 N–H and O–H groups in total. The molecule has 0 atom stereocenters. The lowest BCUT2D eigenvalue weighted by atomic mass is 9.82. The minimum atomic E-state index is 0.378. The number of nitriles is 1. The van der Waals surface area contributed by atoms with Crippen LogP contribution in [0.1, 0.15) is 39.0 Å². The quantitative estimate of drug-likeness (QED) is 0.545. The first kappa shape index (κ1) is 7.60. The number of rotatable bonds is 1. The molecular weight excluding hydrogens is 122 g/mol. The Hall–Kier alpha value is -0.510. The molecule has 1 aliphatic rings. The van der Waals surface area contributed by atoms with Gasteiger partial charge in [0.2, 0.25) is 0 Å². The van der Waals surface area contributed by atoms with Gasteiger partial charge in [0, 0.05) is 5.92 Å². The van der Waals surface area contributed by atoms with Gasteiger partial charge in [0.1, 0.15) is 0 Å². The van der Waals surface area contributed by atoms with Crippen LogP contribution in [0.15, 0.2) is 0 Å². The predicted molar refractivity (Wildman–Crippen MR) is 41.4 cm³/mol. The van der Waals surface area contributed by atoms with Crippen LogP contribution in [0.4, 0.5) is 0 Å². The molecule has 1 rings (SSSR count). The Labute approximate surface area is 63.0 Å². The van der Waals surface area contributed by atoms with Crippen molar-refractivity contribution in [2.75, 3.05) is 0 Å². The first-order valence-corrected chi connectivity index (χ1v) is 4.26. The maximum Gasteiger partial charge on any atom is 0.0655 e. The van der Waals surface area contributed by atoms with Gasteiger partial charge in [0.05, 0.1) is 6.07 Å². The van der Waals surface area contributed by atoms with Gasteiger partial charge in [-0.3, -0.25) is 0 Å². The highest BCUT2D eigenvalue weighted by molar-refractivity contribution is 4.86. The van der Waals surface area contributed by atoms with Crippen LogP contribution in [0.5, 0.6) is 0 Å². The van der Waals surface area contributed by atoms with Gasteiger partial charge >= 0.3 is 0 Å². The van der Waals surface area contributed by atoms with Gasteiger partial charge in [-0.25, -0.2) is 0 Å². The molecule has 0 spiro atoms. The summed E-state index contributed by atoms with van der Waals surface area (Å²) in [6.45, 7) is 2.25. The Balaban J connectivity index is 2.25. The molecule has 0 radical (unpaired) electrons. The van der Waals surface area contributed by atoms with Gasteiger partial charge in [0.15, 0.2) is 0 Å². The third-order valence-corrected chi connectivity index (χ3v) is 2.61. The topological polar surface area (TPSA) is 23.8 Å². The third-order valence-electron chi connectivity index (χ3n) is 2.61. The van der Waals surface area contributed by atoms with Crippen LogP contribution in [0.3, 0.4) is 0 Å². The minimum Gasteiger partial charge on any atom is -0.198 e. The number of hydrogen-bond acceptors (Lipinski definition) is 1. The molecular formula is C9H15N. The Kier molecular flexibility index (Phi) is 2.74. The highest BCUT2D eigenvalue weighted by atomic mass is 14.3. The van der Waals surface area contributed by atoms with E-state index in [1.54, 1.807) is 0 Å². The van der Waals surface area contributed by atoms with E-state index in [4.69, 9.17) is 5.26 Å². The van der Waals surface area contributed by atoms with E-state index in [0.29, 0.717) is 5.92 Å². The van der Waals surface area contributed by atoms with Gasteiger partial charge in [-0.15, -0.1) is 0 Å². The molecule has 56 valence electrons. The molecule has 0 aromatic rings. The summed E-state index contributed by atoms with van der Waals surface area (Å²) in [5.41, 5.74) is 0. The van der Waals surface area contributed by atoms with Gasteiger partial charge in [-0.1, -0.05) is 13.3 Å². The summed E-state index contributed by atoms with van der Waals surface area (Å²) in [4.78, 5) is 0. The lowest BCUT2D eigenvalue weighted by molar-refractivity contribution is 0.308. The fourth-order valence-corrected chi connectivity index (χ4v) is 1.70. The minimum absolute atomic E-state index is 0.378. The molecule has 0 aromatic heterocycles. The standard InChI is InChI=1S/C9H15N/c1-2-8-3-5-9(7-10)6-4-8/h8-9H,2-6H2,1H3/t8-,9-. The summed E-state index contributed by atoms with van der Waals surface area (Å²) >= 11 is 0. The van der Waals surface area contributed by atoms with Crippen LogP contribution < -0.4 is 0 Å². The van der Waals surface area contributed by atoms with Crippen molar-refractivity contribution in [1.29, 1.82) is 5.26 Å². The second kappa shape index (κ2) is 3.61. The zero-order valence-corrected chi connectivity index (χ0v) is 6.64. The molecule has 0 heterocycles. The molecule has 0 aliphatic heterocycles. The molecule has 0 unspecified atom stereocenters. The van der Waals surface area contributed by atoms with Crippen molar-refractivity contribution >= 4 is 0 Å². The fraction of sp³-hybridized carbons (Fsp3) is 0.889. The zero-order chi connectivity index (χ0) is 7.40. The van der Waals surface area contributed by atoms with Crippen molar-refractivity contribution in [2.45, 2.75) is 39.0 Å². The van der Waals surface area contributed by atoms with Crippen molar-refractivity contribution in [3.63, 3.8) is 0 Å². The van der Waals surface area contributed by atoms with E-state index in [1.165, 1.54) is 19.3 Å². The summed E-state index contributed by atoms with van der Waals surface area (Å²) in [5, 5.41) is 8.60. The summed E-state index contributed by atoms with van der Waals surface area (Å²) in [7, 11) is 0. The Bertz CT molecular complexity index is 126. The van der Waals surface area contributed by atoms with Crippen LogP contribution in [-0.4, -0.2) is 0 Å². The third kappa shape index (κ3) is 1.73. The smallest absolute Gasteiger partial charge is 0.0655 e. The average molecular weight is 137 g/mol. The Morgan fingerprint density at radius 3 is 2.30 bits per heavy atom. The molecule has 0 saturated heterocycles. The van der Waals surface area contributed by atoms with E-state index in [2.05, 4.69) is 13.0 Å². The van der Waals surface area contributed by atoms with E-state index in [1.807, 2.05) is 0 Å². The average Bonchev–Trinajstić information content (AvgIpc) is 2.05. The van der Waals surface area contributed by atoms with E-state index in [0.717, 1.165) is 18.8 Å². The van der Waals surface area contributed by atoms with Gasteiger partial charge in [-0.2, -0.15) is 5.26 Å². The molecule has 1 saturated carbocycles. The van der Waals surface area contributed by atoms with Crippen LogP contribution >= 0.6 is 0 Å². The summed E-state index contributed by atoms with van der Waals surface area (Å²) in [6.07, 6.45) is 6.17. The first-order valence-electron chi connectivity index (χ1n) is 4.26. The highest BCUT2D eigenvalue weighted by Gasteiger charge is 2.18. The molecule has 1 fully saturated rings. The molecule has 10 heavy (non-hydrogen) atoms. The van der Waals surface area contributed by atoms with Crippen molar-refractivity contribution in [2.24, 2.45) is 11.8 Å². The maximum absolute atomic E-state index is 8.60. The van der Waals surface area contributed by atoms with Gasteiger partial charge in [0.25, 0.3) is 0 Å². The first-order chi connectivity index (χ1) is 4.86. The molecule has 1 nitrogen and oxygen atoms in total. The summed E-state index contributed by atoms with van der Waals surface area (Å²) in [5.74, 6) is 1.30. The fourth-order valence-electron chi connectivity index (χ4n) is 1.70. The van der Waals surface area contributed by atoms with E-state index in [-0.39, 0.29) is 0 Å². The summed E-state index contributed by atoms with van der Waals surface area (Å²) < 4.78 is 0. The Morgan fingerprint density at radius 1 is 1.30 bits per heavy atom. The lowest BCUT2D eigenvalue weighted by Gasteiger charge is -2.22. The molecule has 1 aliphatic carbocycles. The molecule has 1 heteroatoms.